The third-order valence-electron chi connectivity index (χ3n) is 2.97. The van der Waals surface area contributed by atoms with Gasteiger partial charge in [0.1, 0.15) is 5.69 Å². The van der Waals surface area contributed by atoms with E-state index in [1.54, 1.807) is 22.8 Å². The SMILES string of the molecule is Cc1cccc(-c2nn3ccccc3c2B(O)O)n1. The zero-order valence-electron chi connectivity index (χ0n) is 10.4. The minimum atomic E-state index is -1.59. The molecule has 0 aliphatic carbocycles. The lowest BCUT2D eigenvalue weighted by Crippen LogP contribution is -2.31. The highest BCUT2D eigenvalue weighted by atomic mass is 16.4. The largest absolute Gasteiger partial charge is 0.493 e. The van der Waals surface area contributed by atoms with Crippen LogP contribution in [0.25, 0.3) is 16.9 Å². The molecule has 0 atom stereocenters. The van der Waals surface area contributed by atoms with Crippen LogP contribution in [-0.4, -0.2) is 31.8 Å². The van der Waals surface area contributed by atoms with Crippen molar-refractivity contribution in [1.29, 1.82) is 0 Å². The normalized spacial score (nSPS) is 10.9. The summed E-state index contributed by atoms with van der Waals surface area (Å²) >= 11 is 0. The van der Waals surface area contributed by atoms with Crippen molar-refractivity contribution in [3.63, 3.8) is 0 Å². The second-order valence-electron chi connectivity index (χ2n) is 4.33. The Labute approximate surface area is 110 Å². The fraction of sp³-hybridized carbons (Fsp3) is 0.0769. The second kappa shape index (κ2) is 4.49. The Bertz CT molecular complexity index is 740. The van der Waals surface area contributed by atoms with Gasteiger partial charge in [0.05, 0.1) is 11.2 Å². The number of fused-ring (bicyclic) bond motifs is 1. The lowest BCUT2D eigenvalue weighted by atomic mass is 9.78. The van der Waals surface area contributed by atoms with Crippen molar-refractivity contribution in [1.82, 2.24) is 14.6 Å². The summed E-state index contributed by atoms with van der Waals surface area (Å²) < 4.78 is 1.62. The molecule has 0 spiro atoms. The summed E-state index contributed by atoms with van der Waals surface area (Å²) in [6.07, 6.45) is 1.76. The minimum absolute atomic E-state index is 0.374. The summed E-state index contributed by atoms with van der Waals surface area (Å²) in [5.41, 5.74) is 3.01. The van der Waals surface area contributed by atoms with Gasteiger partial charge in [-0.2, -0.15) is 5.10 Å². The van der Waals surface area contributed by atoms with Crippen LogP contribution in [0.1, 0.15) is 5.69 Å². The second-order valence-corrected chi connectivity index (χ2v) is 4.33. The third-order valence-corrected chi connectivity index (χ3v) is 2.97. The Kier molecular flexibility index (Phi) is 2.81. The van der Waals surface area contributed by atoms with Crippen LogP contribution in [0.15, 0.2) is 42.6 Å². The number of nitrogens with zero attached hydrogens (tertiary/aromatic N) is 3. The molecule has 0 saturated heterocycles. The maximum absolute atomic E-state index is 9.60. The molecule has 0 fully saturated rings. The van der Waals surface area contributed by atoms with Gasteiger partial charge in [-0.25, -0.2) is 4.52 Å². The van der Waals surface area contributed by atoms with Gasteiger partial charge < -0.3 is 10.0 Å². The predicted octanol–water partition coefficient (Wildman–Crippen LogP) is 0.385. The van der Waals surface area contributed by atoms with E-state index in [4.69, 9.17) is 0 Å². The number of hydrogen-bond acceptors (Lipinski definition) is 4. The molecule has 0 bridgehead atoms. The molecule has 0 aromatic carbocycles. The Morgan fingerprint density at radius 1 is 1.11 bits per heavy atom. The van der Waals surface area contributed by atoms with Crippen molar-refractivity contribution in [2.24, 2.45) is 0 Å². The number of pyridine rings is 2. The molecule has 3 heterocycles. The first-order valence-corrected chi connectivity index (χ1v) is 5.94. The molecule has 5 nitrogen and oxygen atoms in total. The molecule has 0 aliphatic rings. The van der Waals surface area contributed by atoms with Crippen LogP contribution >= 0.6 is 0 Å². The molecule has 0 aliphatic heterocycles. The van der Waals surface area contributed by atoms with Gasteiger partial charge in [-0.15, -0.1) is 0 Å². The Morgan fingerprint density at radius 2 is 1.95 bits per heavy atom. The summed E-state index contributed by atoms with van der Waals surface area (Å²) in [4.78, 5) is 4.38. The van der Waals surface area contributed by atoms with Crippen molar-refractivity contribution in [3.05, 3.63) is 48.3 Å². The summed E-state index contributed by atoms with van der Waals surface area (Å²) in [5.74, 6) is 0. The van der Waals surface area contributed by atoms with Crippen molar-refractivity contribution >= 4 is 18.1 Å². The summed E-state index contributed by atoms with van der Waals surface area (Å²) in [6, 6.07) is 11.0. The van der Waals surface area contributed by atoms with Gasteiger partial charge in [0.25, 0.3) is 0 Å². The molecular formula is C13H12BN3O2. The van der Waals surface area contributed by atoms with E-state index >= 15 is 0 Å². The minimum Gasteiger partial charge on any atom is -0.423 e. The van der Waals surface area contributed by atoms with E-state index in [0.29, 0.717) is 22.4 Å². The number of aryl methyl sites for hydroxylation is 1. The zero-order valence-corrected chi connectivity index (χ0v) is 10.4. The van der Waals surface area contributed by atoms with E-state index in [2.05, 4.69) is 10.1 Å². The quantitative estimate of drug-likeness (QED) is 0.648. The van der Waals surface area contributed by atoms with Crippen molar-refractivity contribution in [3.8, 4) is 11.4 Å². The molecule has 94 valence electrons. The average Bonchev–Trinajstić information content (AvgIpc) is 2.78. The van der Waals surface area contributed by atoms with E-state index in [-0.39, 0.29) is 0 Å². The smallest absolute Gasteiger partial charge is 0.423 e. The topological polar surface area (TPSA) is 70.7 Å². The monoisotopic (exact) mass is 253 g/mol. The Hall–Kier alpha value is -2.18. The molecule has 0 radical (unpaired) electrons. The summed E-state index contributed by atoms with van der Waals surface area (Å²) in [6.45, 7) is 1.88. The first-order chi connectivity index (χ1) is 9.16. The van der Waals surface area contributed by atoms with E-state index in [0.717, 1.165) is 5.69 Å². The maximum atomic E-state index is 9.60. The van der Waals surface area contributed by atoms with Crippen LogP contribution in [0.5, 0.6) is 0 Å². The summed E-state index contributed by atoms with van der Waals surface area (Å²) in [5, 5.41) is 23.6. The van der Waals surface area contributed by atoms with Crippen molar-refractivity contribution in [2.45, 2.75) is 6.92 Å². The van der Waals surface area contributed by atoms with Gasteiger partial charge in [0.15, 0.2) is 0 Å². The third kappa shape index (κ3) is 2.01. The van der Waals surface area contributed by atoms with Gasteiger partial charge in [0, 0.05) is 17.4 Å². The van der Waals surface area contributed by atoms with Gasteiger partial charge in [-0.05, 0) is 31.2 Å². The lowest BCUT2D eigenvalue weighted by Gasteiger charge is -2.02. The number of rotatable bonds is 2. The molecule has 19 heavy (non-hydrogen) atoms. The summed E-state index contributed by atoms with van der Waals surface area (Å²) in [7, 11) is -1.59. The molecule has 3 rings (SSSR count). The van der Waals surface area contributed by atoms with Crippen LogP contribution in [0.2, 0.25) is 0 Å². The van der Waals surface area contributed by atoms with Crippen LogP contribution in [0.3, 0.4) is 0 Å². The van der Waals surface area contributed by atoms with Crippen molar-refractivity contribution in [2.75, 3.05) is 0 Å². The maximum Gasteiger partial charge on any atom is 0.493 e. The zero-order chi connectivity index (χ0) is 13.4. The van der Waals surface area contributed by atoms with Crippen LogP contribution in [0, 0.1) is 6.92 Å². The van der Waals surface area contributed by atoms with Crippen LogP contribution < -0.4 is 5.46 Å². The molecule has 6 heteroatoms. The molecule has 3 aromatic rings. The van der Waals surface area contributed by atoms with E-state index in [9.17, 15) is 10.0 Å². The number of hydrogen-bond donors (Lipinski definition) is 2. The standard InChI is InChI=1S/C13H12BN3O2/c1-9-5-4-6-10(15-9)13-12(14(18)19)11-7-2-3-8-17(11)16-13/h2-8,18-19H,1H3. The molecule has 2 N–H and O–H groups in total. The molecular weight excluding hydrogens is 241 g/mol. The lowest BCUT2D eigenvalue weighted by molar-refractivity contribution is 0.426. The van der Waals surface area contributed by atoms with Gasteiger partial charge >= 0.3 is 7.12 Å². The Balaban J connectivity index is 2.31. The highest BCUT2D eigenvalue weighted by Crippen LogP contribution is 2.16. The molecule has 3 aromatic heterocycles. The van der Waals surface area contributed by atoms with Crippen LogP contribution in [-0.2, 0) is 0 Å². The first kappa shape index (κ1) is 11.9. The average molecular weight is 253 g/mol. The van der Waals surface area contributed by atoms with E-state index in [1.165, 1.54) is 0 Å². The van der Waals surface area contributed by atoms with Crippen molar-refractivity contribution < 1.29 is 10.0 Å². The van der Waals surface area contributed by atoms with Gasteiger partial charge in [0.2, 0.25) is 0 Å². The van der Waals surface area contributed by atoms with Gasteiger partial charge in [-0.3, -0.25) is 4.98 Å². The van der Waals surface area contributed by atoms with Gasteiger partial charge in [-0.1, -0.05) is 12.1 Å². The van der Waals surface area contributed by atoms with E-state index in [1.807, 2.05) is 31.2 Å². The fourth-order valence-corrected chi connectivity index (χ4v) is 2.14. The predicted molar refractivity (Wildman–Crippen MR) is 73.0 cm³/mol. The highest BCUT2D eigenvalue weighted by Gasteiger charge is 2.24. The van der Waals surface area contributed by atoms with E-state index < -0.39 is 7.12 Å². The fourth-order valence-electron chi connectivity index (χ4n) is 2.14. The molecule has 0 amide bonds. The molecule has 0 saturated carbocycles. The number of aromatic nitrogens is 3. The molecule has 0 unspecified atom stereocenters. The first-order valence-electron chi connectivity index (χ1n) is 5.94. The highest BCUT2D eigenvalue weighted by molar-refractivity contribution is 6.63. The van der Waals surface area contributed by atoms with Crippen LogP contribution in [0.4, 0.5) is 0 Å². The Morgan fingerprint density at radius 3 is 2.68 bits per heavy atom.